The van der Waals surface area contributed by atoms with Crippen molar-refractivity contribution < 1.29 is 13.5 Å². The molecule has 0 aromatic heterocycles. The van der Waals surface area contributed by atoms with Crippen LogP contribution in [0.25, 0.3) is 0 Å². The topological polar surface area (TPSA) is 57.6 Å². The van der Waals surface area contributed by atoms with Crippen molar-refractivity contribution in [2.75, 3.05) is 13.6 Å². The fourth-order valence-corrected chi connectivity index (χ4v) is 3.47. The highest BCUT2D eigenvalue weighted by atomic mass is 32.2. The first-order chi connectivity index (χ1) is 8.34. The zero-order valence-corrected chi connectivity index (χ0v) is 12.2. The molecule has 0 radical (unpaired) electrons. The van der Waals surface area contributed by atoms with Crippen molar-refractivity contribution in [3.8, 4) is 0 Å². The Hall–Kier alpha value is -0.910. The molecule has 0 aliphatic heterocycles. The summed E-state index contributed by atoms with van der Waals surface area (Å²) in [7, 11) is -1.88. The summed E-state index contributed by atoms with van der Waals surface area (Å²) in [5.74, 6) is 0. The second-order valence-corrected chi connectivity index (χ2v) is 6.53. The van der Waals surface area contributed by atoms with E-state index in [2.05, 4.69) is 0 Å². The maximum atomic E-state index is 12.4. The Morgan fingerprint density at radius 2 is 1.89 bits per heavy atom. The number of rotatable bonds is 5. The van der Waals surface area contributed by atoms with Crippen LogP contribution in [0.15, 0.2) is 17.0 Å². The molecule has 5 heteroatoms. The maximum Gasteiger partial charge on any atom is 0.243 e. The third-order valence-electron chi connectivity index (χ3n) is 3.09. The highest BCUT2D eigenvalue weighted by Crippen LogP contribution is 2.23. The highest BCUT2D eigenvalue weighted by molar-refractivity contribution is 7.89. The van der Waals surface area contributed by atoms with Crippen molar-refractivity contribution in [2.24, 2.45) is 0 Å². The minimum Gasteiger partial charge on any atom is -0.392 e. The molecule has 1 N–H and O–H groups in total. The molecule has 0 spiro atoms. The smallest absolute Gasteiger partial charge is 0.243 e. The summed E-state index contributed by atoms with van der Waals surface area (Å²) < 4.78 is 26.2. The zero-order valence-electron chi connectivity index (χ0n) is 11.4. The van der Waals surface area contributed by atoms with Gasteiger partial charge in [-0.25, -0.2) is 12.7 Å². The average molecular weight is 271 g/mol. The maximum absolute atomic E-state index is 12.4. The summed E-state index contributed by atoms with van der Waals surface area (Å²) in [6.45, 7) is 5.93. The molecule has 0 unspecified atom stereocenters. The van der Waals surface area contributed by atoms with Gasteiger partial charge in [0.25, 0.3) is 0 Å². The Morgan fingerprint density at radius 1 is 1.28 bits per heavy atom. The zero-order chi connectivity index (χ0) is 13.9. The Kier molecular flexibility index (Phi) is 4.90. The molecule has 0 atom stereocenters. The SMILES string of the molecule is CCCN(C)S(=O)(=O)c1cc(CO)cc(C)c1C. The predicted octanol–water partition coefficient (Wildman–Crippen LogP) is 1.83. The van der Waals surface area contributed by atoms with Crippen molar-refractivity contribution in [2.45, 2.75) is 38.7 Å². The van der Waals surface area contributed by atoms with Crippen molar-refractivity contribution in [1.82, 2.24) is 4.31 Å². The van der Waals surface area contributed by atoms with Gasteiger partial charge in [0, 0.05) is 13.6 Å². The lowest BCUT2D eigenvalue weighted by atomic mass is 10.1. The van der Waals surface area contributed by atoms with Crippen molar-refractivity contribution in [3.05, 3.63) is 28.8 Å². The van der Waals surface area contributed by atoms with Gasteiger partial charge in [0.05, 0.1) is 11.5 Å². The van der Waals surface area contributed by atoms with E-state index in [9.17, 15) is 13.5 Å². The number of hydrogen-bond donors (Lipinski definition) is 1. The lowest BCUT2D eigenvalue weighted by molar-refractivity contribution is 0.281. The summed E-state index contributed by atoms with van der Waals surface area (Å²) in [6, 6.07) is 3.37. The van der Waals surface area contributed by atoms with Gasteiger partial charge in [0.2, 0.25) is 10.0 Å². The van der Waals surface area contributed by atoms with Crippen LogP contribution in [0.5, 0.6) is 0 Å². The molecule has 0 aliphatic rings. The van der Waals surface area contributed by atoms with E-state index in [1.807, 2.05) is 19.9 Å². The number of hydrogen-bond acceptors (Lipinski definition) is 3. The average Bonchev–Trinajstić information content (AvgIpc) is 2.32. The molecule has 0 amide bonds. The Morgan fingerprint density at radius 3 is 2.39 bits per heavy atom. The van der Waals surface area contributed by atoms with E-state index >= 15 is 0 Å². The van der Waals surface area contributed by atoms with Crippen LogP contribution in [0.2, 0.25) is 0 Å². The molecular weight excluding hydrogens is 250 g/mol. The first-order valence-corrected chi connectivity index (χ1v) is 7.46. The first-order valence-electron chi connectivity index (χ1n) is 6.02. The summed E-state index contributed by atoms with van der Waals surface area (Å²) in [5.41, 5.74) is 2.25. The van der Waals surface area contributed by atoms with E-state index < -0.39 is 10.0 Å². The van der Waals surface area contributed by atoms with Crippen molar-refractivity contribution in [1.29, 1.82) is 0 Å². The third kappa shape index (κ3) is 2.91. The van der Waals surface area contributed by atoms with Gasteiger partial charge in [0.1, 0.15) is 0 Å². The lowest BCUT2D eigenvalue weighted by Crippen LogP contribution is -2.28. The molecule has 0 saturated carbocycles. The molecule has 0 fully saturated rings. The minimum absolute atomic E-state index is 0.152. The van der Waals surface area contributed by atoms with Crippen LogP contribution in [-0.4, -0.2) is 31.4 Å². The lowest BCUT2D eigenvalue weighted by Gasteiger charge is -2.19. The number of benzene rings is 1. The second-order valence-electron chi connectivity index (χ2n) is 4.52. The van der Waals surface area contributed by atoms with Gasteiger partial charge in [-0.2, -0.15) is 0 Å². The largest absolute Gasteiger partial charge is 0.392 e. The standard InChI is InChI=1S/C13H21NO3S/c1-5-6-14(4)18(16,17)13-8-12(9-15)7-10(2)11(13)3/h7-8,15H,5-6,9H2,1-4H3. The molecule has 1 rings (SSSR count). The molecule has 102 valence electrons. The van der Waals surface area contributed by atoms with E-state index in [-0.39, 0.29) is 6.61 Å². The van der Waals surface area contributed by atoms with E-state index in [1.54, 1.807) is 20.0 Å². The molecule has 0 bridgehead atoms. The molecule has 0 heterocycles. The quantitative estimate of drug-likeness (QED) is 0.889. The molecule has 1 aromatic rings. The molecular formula is C13H21NO3S. The third-order valence-corrected chi connectivity index (χ3v) is 5.07. The Bertz CT molecular complexity index is 523. The normalized spacial score (nSPS) is 12.1. The van der Waals surface area contributed by atoms with E-state index in [1.165, 1.54) is 4.31 Å². The van der Waals surface area contributed by atoms with Crippen LogP contribution in [0.1, 0.15) is 30.0 Å². The number of aryl methyl sites for hydroxylation is 1. The van der Waals surface area contributed by atoms with Crippen LogP contribution < -0.4 is 0 Å². The molecule has 4 nitrogen and oxygen atoms in total. The van der Waals surface area contributed by atoms with E-state index in [4.69, 9.17) is 0 Å². The van der Waals surface area contributed by atoms with Gasteiger partial charge < -0.3 is 5.11 Å². The number of aliphatic hydroxyl groups excluding tert-OH is 1. The number of sulfonamides is 1. The fraction of sp³-hybridized carbons (Fsp3) is 0.538. The predicted molar refractivity (Wildman–Crippen MR) is 71.9 cm³/mol. The second kappa shape index (κ2) is 5.82. The summed E-state index contributed by atoms with van der Waals surface area (Å²) in [5, 5.41) is 9.18. The van der Waals surface area contributed by atoms with Crippen LogP contribution in [0.4, 0.5) is 0 Å². The van der Waals surface area contributed by atoms with Gasteiger partial charge in [-0.3, -0.25) is 0 Å². The van der Waals surface area contributed by atoms with Crippen LogP contribution in [-0.2, 0) is 16.6 Å². The van der Waals surface area contributed by atoms with Gasteiger partial charge in [0.15, 0.2) is 0 Å². The fourth-order valence-electron chi connectivity index (χ4n) is 1.86. The molecule has 1 aromatic carbocycles. The summed E-state index contributed by atoms with van der Waals surface area (Å²) in [4.78, 5) is 0.294. The van der Waals surface area contributed by atoms with Gasteiger partial charge in [-0.05, 0) is 43.0 Å². The molecule has 0 saturated heterocycles. The summed E-state index contributed by atoms with van der Waals surface area (Å²) in [6.07, 6.45) is 0.771. The van der Waals surface area contributed by atoms with Crippen molar-refractivity contribution >= 4 is 10.0 Å². The highest BCUT2D eigenvalue weighted by Gasteiger charge is 2.23. The van der Waals surface area contributed by atoms with Crippen LogP contribution in [0.3, 0.4) is 0 Å². The van der Waals surface area contributed by atoms with Gasteiger partial charge >= 0.3 is 0 Å². The number of nitrogens with zero attached hydrogens (tertiary/aromatic N) is 1. The molecule has 18 heavy (non-hydrogen) atoms. The van der Waals surface area contributed by atoms with Gasteiger partial charge in [-0.15, -0.1) is 0 Å². The number of aliphatic hydroxyl groups is 1. The van der Waals surface area contributed by atoms with Crippen LogP contribution >= 0.6 is 0 Å². The minimum atomic E-state index is -3.46. The van der Waals surface area contributed by atoms with Crippen molar-refractivity contribution in [3.63, 3.8) is 0 Å². The Balaban J connectivity index is 3.36. The molecule has 0 aliphatic carbocycles. The van der Waals surface area contributed by atoms with Gasteiger partial charge in [-0.1, -0.05) is 13.0 Å². The van der Waals surface area contributed by atoms with E-state index in [0.29, 0.717) is 17.0 Å². The summed E-state index contributed by atoms with van der Waals surface area (Å²) >= 11 is 0. The van der Waals surface area contributed by atoms with Crippen LogP contribution in [0, 0.1) is 13.8 Å². The van der Waals surface area contributed by atoms with E-state index in [0.717, 1.165) is 17.5 Å². The monoisotopic (exact) mass is 271 g/mol. The Labute approximate surface area is 109 Å². The first kappa shape index (κ1) is 15.1.